The van der Waals surface area contributed by atoms with Crippen LogP contribution in [0.1, 0.15) is 0 Å². The van der Waals surface area contributed by atoms with E-state index in [4.69, 9.17) is 0 Å². The van der Waals surface area contributed by atoms with Crippen LogP contribution in [0.4, 0.5) is 4.39 Å². The summed E-state index contributed by atoms with van der Waals surface area (Å²) in [5.74, 6) is -0.142. The van der Waals surface area contributed by atoms with Gasteiger partial charge in [0, 0.05) is 5.56 Å². The molecule has 0 aromatic heterocycles. The highest BCUT2D eigenvalue weighted by Crippen LogP contribution is 2.44. The highest BCUT2D eigenvalue weighted by molar-refractivity contribution is 5.96. The van der Waals surface area contributed by atoms with E-state index in [0.29, 0.717) is 5.56 Å². The molecule has 0 saturated heterocycles. The van der Waals surface area contributed by atoms with Crippen LogP contribution in [0.25, 0.3) is 22.3 Å². The van der Waals surface area contributed by atoms with Crippen molar-refractivity contribution >= 4 is 0 Å². The minimum atomic E-state index is -0.142. The lowest BCUT2D eigenvalue weighted by Crippen LogP contribution is -1.79. The van der Waals surface area contributed by atoms with Gasteiger partial charge < -0.3 is 0 Å². The van der Waals surface area contributed by atoms with Gasteiger partial charge in [-0.15, -0.1) is 0 Å². The zero-order chi connectivity index (χ0) is 8.84. The fourth-order valence-corrected chi connectivity index (χ4v) is 1.67. The molecule has 2 aliphatic carbocycles. The summed E-state index contributed by atoms with van der Waals surface area (Å²) in [5, 5.41) is 0. The van der Waals surface area contributed by atoms with Crippen molar-refractivity contribution in [3.05, 3.63) is 48.3 Å². The van der Waals surface area contributed by atoms with Gasteiger partial charge in [-0.25, -0.2) is 4.39 Å². The Labute approximate surface area is 75.6 Å². The lowest BCUT2D eigenvalue weighted by Gasteiger charge is -1.99. The van der Waals surface area contributed by atoms with Gasteiger partial charge in [0.05, 0.1) is 0 Å². The summed E-state index contributed by atoms with van der Waals surface area (Å²) in [6, 6.07) is 13.0. The minimum Gasteiger partial charge on any atom is -0.206 e. The van der Waals surface area contributed by atoms with Crippen LogP contribution in [0.2, 0.25) is 0 Å². The SMILES string of the molecule is Fc1ccccc1-c1ccc2cc1-2. The van der Waals surface area contributed by atoms with Gasteiger partial charge in [0.25, 0.3) is 0 Å². The van der Waals surface area contributed by atoms with Crippen molar-refractivity contribution in [3.63, 3.8) is 0 Å². The van der Waals surface area contributed by atoms with E-state index in [-0.39, 0.29) is 5.82 Å². The third-order valence-electron chi connectivity index (χ3n) is 2.41. The van der Waals surface area contributed by atoms with Crippen LogP contribution in [-0.4, -0.2) is 0 Å². The molecule has 62 valence electrons. The molecule has 3 rings (SSSR count). The quantitative estimate of drug-likeness (QED) is 0.524. The molecule has 1 heteroatoms. The second-order valence-electron chi connectivity index (χ2n) is 3.24. The molecular weight excluding hydrogens is 163 g/mol. The number of hydrogen-bond donors (Lipinski definition) is 0. The van der Waals surface area contributed by atoms with Crippen LogP contribution in [0.15, 0.2) is 42.5 Å². The van der Waals surface area contributed by atoms with Crippen molar-refractivity contribution in [2.75, 3.05) is 0 Å². The van der Waals surface area contributed by atoms with Gasteiger partial charge in [-0.05, 0) is 28.8 Å². The average Bonchev–Trinajstić information content (AvgIpc) is 2.81. The molecule has 0 spiro atoms. The summed E-state index contributed by atoms with van der Waals surface area (Å²) in [7, 11) is 0. The Morgan fingerprint density at radius 2 is 1.62 bits per heavy atom. The van der Waals surface area contributed by atoms with Gasteiger partial charge >= 0.3 is 0 Å². The van der Waals surface area contributed by atoms with E-state index in [1.165, 1.54) is 17.2 Å². The summed E-state index contributed by atoms with van der Waals surface area (Å²) < 4.78 is 13.3. The summed E-state index contributed by atoms with van der Waals surface area (Å²) >= 11 is 0. The third-order valence-corrected chi connectivity index (χ3v) is 2.41. The van der Waals surface area contributed by atoms with Crippen LogP contribution in [0.5, 0.6) is 0 Å². The maximum Gasteiger partial charge on any atom is 0.131 e. The van der Waals surface area contributed by atoms with E-state index in [1.54, 1.807) is 6.07 Å². The minimum absolute atomic E-state index is 0.142. The Kier molecular flexibility index (Phi) is 1.15. The monoisotopic (exact) mass is 170 g/mol. The van der Waals surface area contributed by atoms with Gasteiger partial charge in [0.1, 0.15) is 5.82 Å². The summed E-state index contributed by atoms with van der Waals surface area (Å²) in [4.78, 5) is 0. The largest absolute Gasteiger partial charge is 0.206 e. The van der Waals surface area contributed by atoms with E-state index in [1.807, 2.05) is 24.3 Å². The summed E-state index contributed by atoms with van der Waals surface area (Å²) in [6.07, 6.45) is 0. The lowest BCUT2D eigenvalue weighted by atomic mass is 10.1. The molecule has 1 aromatic carbocycles. The Morgan fingerprint density at radius 1 is 0.769 bits per heavy atom. The normalized spacial score (nSPS) is 11.5. The van der Waals surface area contributed by atoms with Crippen LogP contribution in [0.3, 0.4) is 0 Å². The zero-order valence-electron chi connectivity index (χ0n) is 6.92. The number of hydrogen-bond acceptors (Lipinski definition) is 0. The van der Waals surface area contributed by atoms with Crippen molar-refractivity contribution < 1.29 is 4.39 Å². The molecule has 0 saturated carbocycles. The van der Waals surface area contributed by atoms with E-state index < -0.39 is 0 Å². The standard InChI is InChI=1S/C12H7F/c13-12-4-2-1-3-10(12)9-6-5-8-7-11(8)9/h1-7H. The first kappa shape index (κ1) is 6.84. The number of benzene rings is 2. The van der Waals surface area contributed by atoms with Crippen molar-refractivity contribution in [3.8, 4) is 22.3 Å². The van der Waals surface area contributed by atoms with Crippen LogP contribution in [-0.2, 0) is 0 Å². The molecule has 0 aliphatic heterocycles. The van der Waals surface area contributed by atoms with E-state index in [0.717, 1.165) is 5.56 Å². The topological polar surface area (TPSA) is 0 Å². The van der Waals surface area contributed by atoms with Gasteiger partial charge in [0.2, 0.25) is 0 Å². The van der Waals surface area contributed by atoms with Crippen LogP contribution >= 0.6 is 0 Å². The molecule has 13 heavy (non-hydrogen) atoms. The first-order valence-corrected chi connectivity index (χ1v) is 4.25. The maximum absolute atomic E-state index is 13.3. The number of fused-ring (bicyclic) bond motifs is 1. The average molecular weight is 170 g/mol. The van der Waals surface area contributed by atoms with E-state index in [2.05, 4.69) is 6.07 Å². The first-order valence-electron chi connectivity index (χ1n) is 4.25. The Hall–Kier alpha value is -1.63. The fraction of sp³-hybridized carbons (Fsp3) is 0. The summed E-state index contributed by atoms with van der Waals surface area (Å²) in [5.41, 5.74) is 4.17. The maximum atomic E-state index is 13.3. The Balaban J connectivity index is 2.21. The molecule has 0 N–H and O–H groups in total. The van der Waals surface area contributed by atoms with E-state index >= 15 is 0 Å². The molecule has 0 unspecified atom stereocenters. The van der Waals surface area contributed by atoms with Gasteiger partial charge in [-0.3, -0.25) is 0 Å². The molecule has 0 amide bonds. The predicted molar refractivity (Wildman–Crippen MR) is 50.8 cm³/mol. The number of rotatable bonds is 1. The molecule has 0 fully saturated rings. The second kappa shape index (κ2) is 2.19. The molecule has 0 bridgehead atoms. The van der Waals surface area contributed by atoms with Gasteiger partial charge in [-0.2, -0.15) is 0 Å². The second-order valence-corrected chi connectivity index (χ2v) is 3.24. The van der Waals surface area contributed by atoms with Crippen LogP contribution < -0.4 is 0 Å². The molecule has 0 atom stereocenters. The zero-order valence-corrected chi connectivity index (χ0v) is 6.92. The Morgan fingerprint density at radius 3 is 2.23 bits per heavy atom. The fourth-order valence-electron chi connectivity index (χ4n) is 1.67. The smallest absolute Gasteiger partial charge is 0.131 e. The highest BCUT2D eigenvalue weighted by Gasteiger charge is 2.19. The van der Waals surface area contributed by atoms with E-state index in [9.17, 15) is 4.39 Å². The van der Waals surface area contributed by atoms with Crippen molar-refractivity contribution in [2.24, 2.45) is 0 Å². The molecule has 0 radical (unpaired) electrons. The molecule has 0 heterocycles. The molecule has 2 aliphatic rings. The first-order chi connectivity index (χ1) is 6.36. The van der Waals surface area contributed by atoms with Crippen molar-refractivity contribution in [2.45, 2.75) is 0 Å². The van der Waals surface area contributed by atoms with Crippen molar-refractivity contribution in [1.29, 1.82) is 0 Å². The molecule has 0 nitrogen and oxygen atoms in total. The van der Waals surface area contributed by atoms with Gasteiger partial charge in [0.15, 0.2) is 0 Å². The highest BCUT2D eigenvalue weighted by atomic mass is 19.1. The molecular formula is C12H7F. The lowest BCUT2D eigenvalue weighted by molar-refractivity contribution is 0.631. The predicted octanol–water partition coefficient (Wildman–Crippen LogP) is 3.47. The number of halogens is 1. The summed E-state index contributed by atoms with van der Waals surface area (Å²) in [6.45, 7) is 0. The molecule has 1 aromatic rings. The van der Waals surface area contributed by atoms with Gasteiger partial charge in [-0.1, -0.05) is 30.3 Å². The van der Waals surface area contributed by atoms with Crippen molar-refractivity contribution in [1.82, 2.24) is 0 Å². The third kappa shape index (κ3) is 0.903. The van der Waals surface area contributed by atoms with Crippen LogP contribution in [0, 0.1) is 5.82 Å². The Bertz CT molecular complexity index is 486.